The average molecular weight is 282 g/mol. The molecule has 1 amide bonds. The van der Waals surface area contributed by atoms with E-state index in [1.54, 1.807) is 0 Å². The molecule has 0 spiro atoms. The molecule has 1 heterocycles. The lowest BCUT2D eigenvalue weighted by Crippen LogP contribution is -2.47. The lowest BCUT2D eigenvalue weighted by atomic mass is 9.90. The molecule has 20 heavy (non-hydrogen) atoms. The third kappa shape index (κ3) is 4.65. The standard InChI is InChI=1S/C16H30N2O2/c1-2-12-18(15-8-10-17-11-9-15)16(19)20-13-14-6-4-3-5-7-14/h14-15,17H,2-13H2,1H3. The van der Waals surface area contributed by atoms with Crippen LogP contribution in [-0.2, 0) is 4.74 Å². The predicted octanol–water partition coefficient (Wildman–Crippen LogP) is 3.17. The third-order valence-corrected chi connectivity index (χ3v) is 4.62. The Hall–Kier alpha value is -0.770. The van der Waals surface area contributed by atoms with Gasteiger partial charge in [0.05, 0.1) is 6.61 Å². The summed E-state index contributed by atoms with van der Waals surface area (Å²) < 4.78 is 5.62. The van der Waals surface area contributed by atoms with Gasteiger partial charge in [-0.25, -0.2) is 4.79 Å². The molecule has 0 aromatic heterocycles. The van der Waals surface area contributed by atoms with E-state index < -0.39 is 0 Å². The Morgan fingerprint density at radius 1 is 1.15 bits per heavy atom. The number of carbonyl (C=O) groups is 1. The smallest absolute Gasteiger partial charge is 0.410 e. The van der Waals surface area contributed by atoms with E-state index in [9.17, 15) is 4.79 Å². The van der Waals surface area contributed by atoms with Crippen molar-refractivity contribution in [2.45, 2.75) is 64.3 Å². The van der Waals surface area contributed by atoms with E-state index >= 15 is 0 Å². The quantitative estimate of drug-likeness (QED) is 0.842. The van der Waals surface area contributed by atoms with E-state index in [1.165, 1.54) is 32.1 Å². The molecule has 1 saturated carbocycles. The van der Waals surface area contributed by atoms with E-state index in [1.807, 2.05) is 4.90 Å². The molecule has 1 N–H and O–H groups in total. The Morgan fingerprint density at radius 2 is 1.85 bits per heavy atom. The minimum Gasteiger partial charge on any atom is -0.449 e. The van der Waals surface area contributed by atoms with Crippen molar-refractivity contribution in [3.63, 3.8) is 0 Å². The zero-order chi connectivity index (χ0) is 14.2. The fourth-order valence-electron chi connectivity index (χ4n) is 3.41. The van der Waals surface area contributed by atoms with Crippen molar-refractivity contribution in [2.75, 3.05) is 26.2 Å². The molecule has 4 heteroatoms. The summed E-state index contributed by atoms with van der Waals surface area (Å²) in [6, 6.07) is 0.370. The SMILES string of the molecule is CCCN(C(=O)OCC1CCCCC1)C1CCNCC1. The van der Waals surface area contributed by atoms with Gasteiger partial charge in [-0.1, -0.05) is 26.2 Å². The van der Waals surface area contributed by atoms with Crippen molar-refractivity contribution in [1.29, 1.82) is 0 Å². The fraction of sp³-hybridized carbons (Fsp3) is 0.938. The van der Waals surface area contributed by atoms with Crippen LogP contribution in [0.25, 0.3) is 0 Å². The monoisotopic (exact) mass is 282 g/mol. The number of carbonyl (C=O) groups excluding carboxylic acids is 1. The first kappa shape index (κ1) is 15.6. The summed E-state index contributed by atoms with van der Waals surface area (Å²) in [5, 5.41) is 3.36. The molecular weight excluding hydrogens is 252 g/mol. The van der Waals surface area contributed by atoms with Crippen molar-refractivity contribution < 1.29 is 9.53 Å². The summed E-state index contributed by atoms with van der Waals surface area (Å²) >= 11 is 0. The van der Waals surface area contributed by atoms with Crippen molar-refractivity contribution >= 4 is 6.09 Å². The van der Waals surface area contributed by atoms with Gasteiger partial charge in [0.25, 0.3) is 0 Å². The Morgan fingerprint density at radius 3 is 2.50 bits per heavy atom. The van der Waals surface area contributed by atoms with Gasteiger partial charge in [-0.3, -0.25) is 0 Å². The summed E-state index contributed by atoms with van der Waals surface area (Å²) in [5.74, 6) is 0.601. The van der Waals surface area contributed by atoms with Gasteiger partial charge in [0.15, 0.2) is 0 Å². The first-order valence-corrected chi connectivity index (χ1v) is 8.45. The Balaban J connectivity index is 1.79. The molecule has 2 fully saturated rings. The van der Waals surface area contributed by atoms with Crippen LogP contribution in [0.2, 0.25) is 0 Å². The van der Waals surface area contributed by atoms with Gasteiger partial charge in [-0.05, 0) is 51.1 Å². The van der Waals surface area contributed by atoms with E-state index in [0.29, 0.717) is 18.6 Å². The molecular formula is C16H30N2O2. The van der Waals surface area contributed by atoms with Crippen molar-refractivity contribution in [2.24, 2.45) is 5.92 Å². The Labute approximate surface area is 123 Å². The van der Waals surface area contributed by atoms with Gasteiger partial charge in [0.1, 0.15) is 0 Å². The van der Waals surface area contributed by atoms with E-state index in [4.69, 9.17) is 4.74 Å². The number of nitrogens with one attached hydrogen (secondary N) is 1. The normalized spacial score (nSPS) is 21.6. The van der Waals surface area contributed by atoms with Crippen molar-refractivity contribution in [3.05, 3.63) is 0 Å². The highest BCUT2D eigenvalue weighted by atomic mass is 16.6. The summed E-state index contributed by atoms with van der Waals surface area (Å²) in [5.41, 5.74) is 0. The maximum Gasteiger partial charge on any atom is 0.410 e. The van der Waals surface area contributed by atoms with Gasteiger partial charge in [-0.15, -0.1) is 0 Å². The molecule has 2 rings (SSSR count). The number of nitrogens with zero attached hydrogens (tertiary/aromatic N) is 1. The zero-order valence-electron chi connectivity index (χ0n) is 12.9. The van der Waals surface area contributed by atoms with Crippen LogP contribution in [-0.4, -0.2) is 43.3 Å². The van der Waals surface area contributed by atoms with Crippen molar-refractivity contribution in [3.8, 4) is 0 Å². The molecule has 0 radical (unpaired) electrons. The highest BCUT2D eigenvalue weighted by Gasteiger charge is 2.26. The number of hydrogen-bond acceptors (Lipinski definition) is 3. The van der Waals surface area contributed by atoms with Gasteiger partial charge in [-0.2, -0.15) is 0 Å². The van der Waals surface area contributed by atoms with Crippen LogP contribution in [0.5, 0.6) is 0 Å². The minimum atomic E-state index is -0.0793. The fourth-order valence-corrected chi connectivity index (χ4v) is 3.41. The summed E-state index contributed by atoms with van der Waals surface area (Å²) in [6.45, 7) is 5.61. The van der Waals surface area contributed by atoms with Gasteiger partial charge in [0.2, 0.25) is 0 Å². The Kier molecular flexibility index (Phi) is 6.64. The number of piperidine rings is 1. The van der Waals surface area contributed by atoms with Gasteiger partial charge >= 0.3 is 6.09 Å². The molecule has 1 aliphatic carbocycles. The predicted molar refractivity (Wildman–Crippen MR) is 80.8 cm³/mol. The molecule has 4 nitrogen and oxygen atoms in total. The molecule has 116 valence electrons. The van der Waals surface area contributed by atoms with Crippen molar-refractivity contribution in [1.82, 2.24) is 10.2 Å². The highest BCUT2D eigenvalue weighted by Crippen LogP contribution is 2.24. The van der Waals surface area contributed by atoms with Crippen LogP contribution < -0.4 is 5.32 Å². The molecule has 1 aliphatic heterocycles. The van der Waals surface area contributed by atoms with E-state index in [-0.39, 0.29) is 6.09 Å². The maximum absolute atomic E-state index is 12.4. The third-order valence-electron chi connectivity index (χ3n) is 4.62. The highest BCUT2D eigenvalue weighted by molar-refractivity contribution is 5.68. The summed E-state index contributed by atoms with van der Waals surface area (Å²) in [4.78, 5) is 14.3. The van der Waals surface area contributed by atoms with Crippen LogP contribution in [0.3, 0.4) is 0 Å². The van der Waals surface area contributed by atoms with Crippen LogP contribution in [0.4, 0.5) is 4.79 Å². The van der Waals surface area contributed by atoms with Crippen LogP contribution in [0, 0.1) is 5.92 Å². The molecule has 0 aromatic rings. The molecule has 0 bridgehead atoms. The maximum atomic E-state index is 12.4. The Bertz CT molecular complexity index is 284. The minimum absolute atomic E-state index is 0.0793. The largest absolute Gasteiger partial charge is 0.449 e. The average Bonchev–Trinajstić information content (AvgIpc) is 2.52. The van der Waals surface area contributed by atoms with Crippen LogP contribution >= 0.6 is 0 Å². The lowest BCUT2D eigenvalue weighted by Gasteiger charge is -2.34. The molecule has 1 saturated heterocycles. The summed E-state index contributed by atoms with van der Waals surface area (Å²) in [6.07, 6.45) is 9.44. The van der Waals surface area contributed by atoms with Gasteiger partial charge in [0, 0.05) is 12.6 Å². The molecule has 0 unspecified atom stereocenters. The summed E-state index contributed by atoms with van der Waals surface area (Å²) in [7, 11) is 0. The first-order valence-electron chi connectivity index (χ1n) is 8.45. The number of hydrogen-bond donors (Lipinski definition) is 1. The topological polar surface area (TPSA) is 41.6 Å². The van der Waals surface area contributed by atoms with Crippen LogP contribution in [0.15, 0.2) is 0 Å². The van der Waals surface area contributed by atoms with Gasteiger partial charge < -0.3 is 15.0 Å². The molecule has 0 aromatic carbocycles. The number of ether oxygens (including phenoxy) is 1. The molecule has 2 aliphatic rings. The van der Waals surface area contributed by atoms with Crippen LogP contribution in [0.1, 0.15) is 58.3 Å². The van der Waals surface area contributed by atoms with E-state index in [2.05, 4.69) is 12.2 Å². The second kappa shape index (κ2) is 8.50. The zero-order valence-corrected chi connectivity index (χ0v) is 12.9. The number of amides is 1. The first-order chi connectivity index (χ1) is 9.81. The number of rotatable bonds is 5. The second-order valence-corrected chi connectivity index (χ2v) is 6.26. The van der Waals surface area contributed by atoms with E-state index in [0.717, 1.165) is 38.9 Å². The lowest BCUT2D eigenvalue weighted by molar-refractivity contribution is 0.0616. The molecule has 0 atom stereocenters. The second-order valence-electron chi connectivity index (χ2n) is 6.26.